The lowest BCUT2D eigenvalue weighted by atomic mass is 9.77. The van der Waals surface area contributed by atoms with E-state index < -0.39 is 49.7 Å². The van der Waals surface area contributed by atoms with Crippen molar-refractivity contribution in [3.05, 3.63) is 45.7 Å². The van der Waals surface area contributed by atoms with Gasteiger partial charge in [0.25, 0.3) is 5.91 Å². The molecule has 1 aromatic carbocycles. The minimum absolute atomic E-state index is 0.104. The molecule has 1 aliphatic heterocycles. The molecule has 0 saturated heterocycles. The molecule has 2 aromatic rings. The number of benzene rings is 1. The summed E-state index contributed by atoms with van der Waals surface area (Å²) in [6, 6.07) is 4.96. The van der Waals surface area contributed by atoms with Crippen molar-refractivity contribution in [1.29, 1.82) is 0 Å². The predicted octanol–water partition coefficient (Wildman–Crippen LogP) is 5.05. The van der Waals surface area contributed by atoms with Crippen LogP contribution in [0.1, 0.15) is 25.3 Å². The van der Waals surface area contributed by atoms with Gasteiger partial charge in [-0.2, -0.15) is 0 Å². The fourth-order valence-corrected chi connectivity index (χ4v) is 5.57. The molecule has 214 valence electrons. The summed E-state index contributed by atoms with van der Waals surface area (Å²) in [4.78, 5) is 33.7. The smallest absolute Gasteiger partial charge is 0.406 e. The van der Waals surface area contributed by atoms with Crippen LogP contribution >= 0.6 is 22.6 Å². The fourth-order valence-electron chi connectivity index (χ4n) is 4.38. The van der Waals surface area contributed by atoms with Crippen molar-refractivity contribution in [2.24, 2.45) is 5.73 Å². The van der Waals surface area contributed by atoms with Crippen molar-refractivity contribution in [1.82, 2.24) is 4.98 Å². The molecule has 0 saturated carbocycles. The number of alkyl halides is 3. The van der Waals surface area contributed by atoms with Crippen LogP contribution < -0.4 is 20.3 Å². The van der Waals surface area contributed by atoms with Crippen LogP contribution in [0.5, 0.6) is 5.75 Å². The maximum absolute atomic E-state index is 14.1. The molecule has 0 bridgehead atoms. The molecular formula is C25H32F3IN4O5Si. The quantitative estimate of drug-likeness (QED) is 0.218. The van der Waals surface area contributed by atoms with E-state index in [1.165, 1.54) is 37.1 Å². The van der Waals surface area contributed by atoms with Crippen LogP contribution in [0.15, 0.2) is 36.5 Å². The van der Waals surface area contributed by atoms with E-state index in [1.807, 2.05) is 22.6 Å². The molecule has 0 spiro atoms. The van der Waals surface area contributed by atoms with Crippen molar-refractivity contribution in [3.63, 3.8) is 0 Å². The van der Waals surface area contributed by atoms with Crippen LogP contribution in [0.2, 0.25) is 25.7 Å². The maximum atomic E-state index is 14.1. The molecule has 0 fully saturated rings. The van der Waals surface area contributed by atoms with E-state index in [0.717, 1.165) is 23.1 Å². The molecule has 9 nitrogen and oxygen atoms in total. The minimum Gasteiger partial charge on any atom is -0.406 e. The Morgan fingerprint density at radius 1 is 1.23 bits per heavy atom. The highest BCUT2D eigenvalue weighted by atomic mass is 127. The maximum Gasteiger partial charge on any atom is 0.573 e. The number of amides is 3. The Labute approximate surface area is 239 Å². The van der Waals surface area contributed by atoms with Crippen LogP contribution in [0, 0.1) is 3.57 Å². The first kappa shape index (κ1) is 31.1. The largest absolute Gasteiger partial charge is 0.573 e. The lowest BCUT2D eigenvalue weighted by molar-refractivity contribution is -0.274. The van der Waals surface area contributed by atoms with E-state index in [4.69, 9.17) is 10.5 Å². The molecule has 3 N–H and O–H groups in total. The second kappa shape index (κ2) is 11.6. The Balaban J connectivity index is 2.09. The van der Waals surface area contributed by atoms with Gasteiger partial charge in [-0.3, -0.25) is 14.6 Å². The number of nitrogens with zero attached hydrogens (tertiary/aromatic N) is 3. The second-order valence-corrected chi connectivity index (χ2v) is 17.9. The summed E-state index contributed by atoms with van der Waals surface area (Å²) >= 11 is 2.03. The molecule has 1 aliphatic rings. The van der Waals surface area contributed by atoms with Gasteiger partial charge in [-0.25, -0.2) is 9.78 Å². The first-order valence-corrected chi connectivity index (χ1v) is 16.9. The van der Waals surface area contributed by atoms with Crippen LogP contribution in [0.4, 0.5) is 29.5 Å². The summed E-state index contributed by atoms with van der Waals surface area (Å²) in [5.41, 5.74) is 4.73. The number of ether oxygens (including phenoxy) is 2. The second-order valence-electron chi connectivity index (χ2n) is 11.0. The number of halogens is 4. The van der Waals surface area contributed by atoms with Crippen molar-refractivity contribution in [3.8, 4) is 5.75 Å². The lowest BCUT2D eigenvalue weighted by Crippen LogP contribution is -2.62. The Hall–Kier alpha value is -2.43. The Morgan fingerprint density at radius 3 is 2.36 bits per heavy atom. The lowest BCUT2D eigenvalue weighted by Gasteiger charge is -2.46. The summed E-state index contributed by atoms with van der Waals surface area (Å²) < 4.78 is 48.6. The zero-order valence-corrected chi connectivity index (χ0v) is 25.4. The normalized spacial score (nSPS) is 17.2. The van der Waals surface area contributed by atoms with E-state index in [1.54, 1.807) is 6.07 Å². The van der Waals surface area contributed by atoms with Gasteiger partial charge in [0.05, 0.1) is 11.3 Å². The molecule has 2 heterocycles. The molecule has 2 unspecified atom stereocenters. The molecule has 14 heteroatoms. The number of carbonyl (C=O) groups excluding carboxylic acids is 2. The molecule has 3 amide bonds. The zero-order valence-electron chi connectivity index (χ0n) is 22.3. The van der Waals surface area contributed by atoms with Gasteiger partial charge in [0.2, 0.25) is 0 Å². The van der Waals surface area contributed by atoms with Gasteiger partial charge in [0, 0.05) is 30.4 Å². The number of carbonyl (C=O) groups is 2. The van der Waals surface area contributed by atoms with Crippen LogP contribution in [0.25, 0.3) is 0 Å². The van der Waals surface area contributed by atoms with Crippen molar-refractivity contribution in [2.45, 2.75) is 63.5 Å². The number of pyridine rings is 1. The number of fused-ring (bicyclic) bond motifs is 1. The van der Waals surface area contributed by atoms with Crippen LogP contribution in [0.3, 0.4) is 0 Å². The number of hydrogen-bond acceptors (Lipinski definition) is 6. The number of rotatable bonds is 9. The highest BCUT2D eigenvalue weighted by molar-refractivity contribution is 14.1. The van der Waals surface area contributed by atoms with Crippen molar-refractivity contribution >= 4 is 54.1 Å². The summed E-state index contributed by atoms with van der Waals surface area (Å²) in [5, 5.41) is 11.2. The molecule has 39 heavy (non-hydrogen) atoms. The van der Waals surface area contributed by atoms with E-state index >= 15 is 0 Å². The van der Waals surface area contributed by atoms with Gasteiger partial charge in [-0.15, -0.1) is 13.2 Å². The van der Waals surface area contributed by atoms with E-state index in [0.29, 0.717) is 15.9 Å². The highest BCUT2D eigenvalue weighted by Crippen LogP contribution is 2.43. The van der Waals surface area contributed by atoms with Gasteiger partial charge in [0.1, 0.15) is 18.5 Å². The molecular weight excluding hydrogens is 648 g/mol. The minimum atomic E-state index is -4.89. The Bertz CT molecular complexity index is 1200. The third-order valence-electron chi connectivity index (χ3n) is 6.13. The molecule has 0 radical (unpaired) electrons. The van der Waals surface area contributed by atoms with E-state index in [9.17, 15) is 27.9 Å². The van der Waals surface area contributed by atoms with Crippen LogP contribution in [-0.4, -0.2) is 61.4 Å². The predicted molar refractivity (Wildman–Crippen MR) is 151 cm³/mol. The fraction of sp³-hybridized carbons (Fsp3) is 0.480. The standard InChI is InChI=1S/C25H32F3IN4O5Si/c1-24(2,36)19(15-6-8-17(9-7-15)38-25(26,27)28)20-22(34)32(14-37-10-11-39(3,4)5)18-12-16(29)13-31-21(18)33(20)23(30)35/h6-9,12-13,19-20,36H,10-11,14H2,1-5H3,(H2,30,35). The van der Waals surface area contributed by atoms with Gasteiger partial charge in [-0.05, 0) is 66.2 Å². The first-order chi connectivity index (χ1) is 17.9. The number of aromatic nitrogens is 1. The number of primary amides is 1. The monoisotopic (exact) mass is 680 g/mol. The number of anilines is 2. The molecule has 3 rings (SSSR count). The number of aliphatic hydroxyl groups is 1. The summed E-state index contributed by atoms with van der Waals surface area (Å²) in [6.07, 6.45) is -3.38. The van der Waals surface area contributed by atoms with Gasteiger partial charge in [-0.1, -0.05) is 31.8 Å². The number of urea groups is 1. The third kappa shape index (κ3) is 7.82. The SMILES string of the molecule is CC(C)(O)C(c1ccc(OC(F)(F)F)cc1)C1C(=O)N(COCC[Si](C)(C)C)c2cc(I)cnc2N1C(N)=O. The molecule has 0 aliphatic carbocycles. The average molecular weight is 681 g/mol. The molecule has 1 aromatic heterocycles. The van der Waals surface area contributed by atoms with Crippen LogP contribution in [-0.2, 0) is 9.53 Å². The number of hydrogen-bond donors (Lipinski definition) is 2. The van der Waals surface area contributed by atoms with Crippen molar-refractivity contribution in [2.75, 3.05) is 23.1 Å². The Morgan fingerprint density at radius 2 is 1.85 bits per heavy atom. The molecule has 2 atom stereocenters. The highest BCUT2D eigenvalue weighted by Gasteiger charge is 2.50. The van der Waals surface area contributed by atoms with Gasteiger partial charge < -0.3 is 20.3 Å². The zero-order chi connectivity index (χ0) is 29.3. The first-order valence-electron chi connectivity index (χ1n) is 12.1. The van der Waals surface area contributed by atoms with Gasteiger partial charge >= 0.3 is 12.4 Å². The van der Waals surface area contributed by atoms with Crippen molar-refractivity contribution < 1.29 is 37.3 Å². The van der Waals surface area contributed by atoms with E-state index in [-0.39, 0.29) is 18.1 Å². The third-order valence-corrected chi connectivity index (χ3v) is 8.43. The summed E-state index contributed by atoms with van der Waals surface area (Å²) in [6.45, 7) is 9.77. The van der Waals surface area contributed by atoms with E-state index in [2.05, 4.69) is 29.4 Å². The summed E-state index contributed by atoms with van der Waals surface area (Å²) in [7, 11) is -1.41. The average Bonchev–Trinajstić information content (AvgIpc) is 2.77. The number of nitrogens with two attached hydrogens (primary N) is 1. The van der Waals surface area contributed by atoms with Gasteiger partial charge in [0.15, 0.2) is 5.82 Å². The summed E-state index contributed by atoms with van der Waals surface area (Å²) in [5.74, 6) is -2.06. The Kier molecular flexibility index (Phi) is 9.24. The topological polar surface area (TPSA) is 118 Å².